The number of aromatic nitrogens is 2. The molecule has 0 radical (unpaired) electrons. The third kappa shape index (κ3) is 4.78. The molecule has 6 heteroatoms. The number of nitrogens with one attached hydrogen (secondary N) is 1. The SMILES string of the molecule is Oc1ccc(/C=N/Nc2nc(-c3ccccc3)cc(-c3ccc(Cl)cc3)n2)cc1. The van der Waals surface area contributed by atoms with Gasteiger partial charge in [-0.1, -0.05) is 54.1 Å². The molecule has 0 saturated carbocycles. The Labute approximate surface area is 173 Å². The predicted molar refractivity (Wildman–Crippen MR) is 117 cm³/mol. The molecular formula is C23H17ClN4O. The molecule has 0 bridgehead atoms. The van der Waals surface area contributed by atoms with Crippen LogP contribution < -0.4 is 5.43 Å². The van der Waals surface area contributed by atoms with E-state index in [1.54, 1.807) is 30.5 Å². The van der Waals surface area contributed by atoms with Crippen LogP contribution in [0.25, 0.3) is 22.5 Å². The summed E-state index contributed by atoms with van der Waals surface area (Å²) in [7, 11) is 0. The molecule has 0 unspecified atom stereocenters. The summed E-state index contributed by atoms with van der Waals surface area (Å²) in [5.41, 5.74) is 7.20. The van der Waals surface area contributed by atoms with Gasteiger partial charge in [-0.2, -0.15) is 5.10 Å². The van der Waals surface area contributed by atoms with E-state index in [4.69, 9.17) is 11.6 Å². The zero-order chi connectivity index (χ0) is 20.1. The number of phenols is 1. The van der Waals surface area contributed by atoms with Crippen LogP contribution in [0, 0.1) is 0 Å². The van der Waals surface area contributed by atoms with Crippen molar-refractivity contribution >= 4 is 23.8 Å². The van der Waals surface area contributed by atoms with Crippen LogP contribution in [0.2, 0.25) is 5.02 Å². The molecule has 0 aliphatic heterocycles. The summed E-state index contributed by atoms with van der Waals surface area (Å²) >= 11 is 6.01. The number of nitrogens with zero attached hydrogens (tertiary/aromatic N) is 3. The van der Waals surface area contributed by atoms with Crippen molar-refractivity contribution in [3.63, 3.8) is 0 Å². The van der Waals surface area contributed by atoms with Gasteiger partial charge in [0, 0.05) is 16.1 Å². The maximum Gasteiger partial charge on any atom is 0.244 e. The normalized spacial score (nSPS) is 10.9. The van der Waals surface area contributed by atoms with Crippen molar-refractivity contribution < 1.29 is 5.11 Å². The zero-order valence-corrected chi connectivity index (χ0v) is 16.1. The Bertz CT molecular complexity index is 1130. The standard InChI is InChI=1S/C23H17ClN4O/c24-19-10-8-18(9-11-19)22-14-21(17-4-2-1-3-5-17)26-23(27-22)28-25-15-16-6-12-20(29)13-7-16/h1-15,29H,(H,26,27,28)/b25-15+. The first-order valence-electron chi connectivity index (χ1n) is 8.96. The summed E-state index contributed by atoms with van der Waals surface area (Å²) in [5.74, 6) is 0.591. The molecule has 0 spiro atoms. The Morgan fingerprint density at radius 2 is 1.41 bits per heavy atom. The first-order valence-corrected chi connectivity index (χ1v) is 9.34. The van der Waals surface area contributed by atoms with E-state index in [0.29, 0.717) is 11.0 Å². The maximum absolute atomic E-state index is 9.37. The van der Waals surface area contributed by atoms with E-state index in [-0.39, 0.29) is 5.75 Å². The fraction of sp³-hybridized carbons (Fsp3) is 0. The lowest BCUT2D eigenvalue weighted by Crippen LogP contribution is -2.00. The molecule has 29 heavy (non-hydrogen) atoms. The van der Waals surface area contributed by atoms with E-state index in [9.17, 15) is 5.11 Å². The molecule has 5 nitrogen and oxygen atoms in total. The van der Waals surface area contributed by atoms with Crippen LogP contribution in [0.15, 0.2) is 90.0 Å². The van der Waals surface area contributed by atoms with Crippen LogP contribution in [-0.2, 0) is 0 Å². The summed E-state index contributed by atoms with van der Waals surface area (Å²) in [4.78, 5) is 9.18. The second-order valence-electron chi connectivity index (χ2n) is 6.30. The lowest BCUT2D eigenvalue weighted by molar-refractivity contribution is 0.475. The van der Waals surface area contributed by atoms with Gasteiger partial charge in [0.25, 0.3) is 0 Å². The molecule has 4 rings (SSSR count). The maximum atomic E-state index is 9.37. The highest BCUT2D eigenvalue weighted by atomic mass is 35.5. The van der Waals surface area contributed by atoms with E-state index < -0.39 is 0 Å². The second kappa shape index (κ2) is 8.54. The molecule has 0 atom stereocenters. The third-order valence-electron chi connectivity index (χ3n) is 4.21. The van der Waals surface area contributed by atoms with Gasteiger partial charge in [0.05, 0.1) is 17.6 Å². The number of rotatable bonds is 5. The smallest absolute Gasteiger partial charge is 0.244 e. The number of phenolic OH excluding ortho intramolecular Hbond substituents is 1. The lowest BCUT2D eigenvalue weighted by atomic mass is 10.1. The number of halogens is 1. The summed E-state index contributed by atoms with van der Waals surface area (Å²) < 4.78 is 0. The number of benzene rings is 3. The zero-order valence-electron chi connectivity index (χ0n) is 15.3. The first-order chi connectivity index (χ1) is 14.2. The Kier molecular flexibility index (Phi) is 5.49. The van der Waals surface area contributed by atoms with Crippen molar-refractivity contribution in [1.29, 1.82) is 0 Å². The minimum atomic E-state index is 0.210. The molecule has 142 valence electrons. The van der Waals surface area contributed by atoms with Gasteiger partial charge in [-0.15, -0.1) is 0 Å². The molecule has 4 aromatic rings. The molecule has 0 amide bonds. The quantitative estimate of drug-likeness (QED) is 0.337. The van der Waals surface area contributed by atoms with Gasteiger partial charge < -0.3 is 5.11 Å². The average molecular weight is 401 g/mol. The molecule has 0 aliphatic carbocycles. The monoisotopic (exact) mass is 400 g/mol. The molecule has 0 fully saturated rings. The lowest BCUT2D eigenvalue weighted by Gasteiger charge is -2.08. The van der Waals surface area contributed by atoms with E-state index in [0.717, 1.165) is 28.1 Å². The summed E-state index contributed by atoms with van der Waals surface area (Å²) in [5, 5.41) is 14.3. The minimum absolute atomic E-state index is 0.210. The molecule has 0 saturated heterocycles. The molecule has 1 heterocycles. The number of hydrazone groups is 1. The Morgan fingerprint density at radius 1 is 0.793 bits per heavy atom. The largest absolute Gasteiger partial charge is 0.508 e. The van der Waals surface area contributed by atoms with E-state index >= 15 is 0 Å². The first kappa shape index (κ1) is 18.7. The van der Waals surface area contributed by atoms with Crippen molar-refractivity contribution in [1.82, 2.24) is 9.97 Å². The fourth-order valence-corrected chi connectivity index (χ4v) is 2.87. The van der Waals surface area contributed by atoms with Crippen LogP contribution in [-0.4, -0.2) is 21.3 Å². The van der Waals surface area contributed by atoms with E-state index in [1.807, 2.05) is 60.7 Å². The van der Waals surface area contributed by atoms with Gasteiger partial charge >= 0.3 is 0 Å². The predicted octanol–water partition coefficient (Wildman–Crippen LogP) is 5.62. The highest BCUT2D eigenvalue weighted by Gasteiger charge is 2.08. The van der Waals surface area contributed by atoms with Gasteiger partial charge in [-0.25, -0.2) is 15.4 Å². The average Bonchev–Trinajstić information content (AvgIpc) is 2.76. The summed E-state index contributed by atoms with van der Waals surface area (Å²) in [6.07, 6.45) is 1.64. The van der Waals surface area contributed by atoms with Crippen molar-refractivity contribution in [2.45, 2.75) is 0 Å². The van der Waals surface area contributed by atoms with Crippen molar-refractivity contribution in [3.8, 4) is 28.3 Å². The highest BCUT2D eigenvalue weighted by molar-refractivity contribution is 6.30. The molecule has 2 N–H and O–H groups in total. The van der Waals surface area contributed by atoms with Crippen molar-refractivity contribution in [2.24, 2.45) is 5.10 Å². The van der Waals surface area contributed by atoms with Gasteiger partial charge in [0.2, 0.25) is 5.95 Å². The van der Waals surface area contributed by atoms with E-state index in [1.165, 1.54) is 0 Å². The van der Waals surface area contributed by atoms with E-state index in [2.05, 4.69) is 20.5 Å². The number of hydrogen-bond acceptors (Lipinski definition) is 5. The second-order valence-corrected chi connectivity index (χ2v) is 6.73. The van der Waals surface area contributed by atoms with Crippen LogP contribution in [0.3, 0.4) is 0 Å². The Balaban J connectivity index is 1.67. The summed E-state index contributed by atoms with van der Waals surface area (Å²) in [6.45, 7) is 0. The van der Waals surface area contributed by atoms with Crippen LogP contribution >= 0.6 is 11.6 Å². The van der Waals surface area contributed by atoms with Crippen molar-refractivity contribution in [2.75, 3.05) is 5.43 Å². The number of aromatic hydroxyl groups is 1. The van der Waals surface area contributed by atoms with Gasteiger partial charge in [-0.05, 0) is 48.0 Å². The molecule has 1 aromatic heterocycles. The van der Waals surface area contributed by atoms with Crippen molar-refractivity contribution in [3.05, 3.63) is 95.5 Å². The molecule has 0 aliphatic rings. The van der Waals surface area contributed by atoms with Gasteiger partial charge in [-0.3, -0.25) is 0 Å². The van der Waals surface area contributed by atoms with Gasteiger partial charge in [0.15, 0.2) is 0 Å². The topological polar surface area (TPSA) is 70.4 Å². The number of hydrogen-bond donors (Lipinski definition) is 2. The Morgan fingerprint density at radius 3 is 2.07 bits per heavy atom. The molecule has 3 aromatic carbocycles. The fourth-order valence-electron chi connectivity index (χ4n) is 2.75. The number of anilines is 1. The molecular weight excluding hydrogens is 384 g/mol. The Hall–Kier alpha value is -3.70. The van der Waals surface area contributed by atoms with Gasteiger partial charge in [0.1, 0.15) is 5.75 Å². The third-order valence-corrected chi connectivity index (χ3v) is 4.46. The minimum Gasteiger partial charge on any atom is -0.508 e. The highest BCUT2D eigenvalue weighted by Crippen LogP contribution is 2.26. The van der Waals surface area contributed by atoms with Crippen LogP contribution in [0.4, 0.5) is 5.95 Å². The summed E-state index contributed by atoms with van der Waals surface area (Å²) in [6, 6.07) is 26.1. The van der Waals surface area contributed by atoms with Crippen LogP contribution in [0.1, 0.15) is 5.56 Å². The van der Waals surface area contributed by atoms with Crippen LogP contribution in [0.5, 0.6) is 5.75 Å².